The Bertz CT molecular complexity index is 809. The molecule has 5 nitrogen and oxygen atoms in total. The number of ether oxygens (including phenoxy) is 2. The van der Waals surface area contributed by atoms with Gasteiger partial charge in [-0.25, -0.2) is 4.79 Å². The maximum atomic E-state index is 11.0. The zero-order chi connectivity index (χ0) is 18.6. The van der Waals surface area contributed by atoms with Crippen LogP contribution in [-0.4, -0.2) is 39.4 Å². The summed E-state index contributed by atoms with van der Waals surface area (Å²) in [4.78, 5) is 13.0. The predicted octanol–water partition coefficient (Wildman–Crippen LogP) is 3.92. The fourth-order valence-corrected chi connectivity index (χ4v) is 2.63. The van der Waals surface area contributed by atoms with Gasteiger partial charge in [-0.1, -0.05) is 12.1 Å². The molecule has 2 aromatic rings. The summed E-state index contributed by atoms with van der Waals surface area (Å²) in [5, 5.41) is 9.02. The smallest absolute Gasteiger partial charge is 0.328 e. The highest BCUT2D eigenvalue weighted by molar-refractivity contribution is 5.91. The third kappa shape index (κ3) is 4.12. The molecule has 1 N–H and O–H groups in total. The standard InChI is InChI=1S/C20H23NO4/c1-13(9-19(22)23)15-11-17(20(25-5)18(12-15)24-4)14-7-6-8-16(10-14)21(2)3/h6-12H,1-5H3,(H,22,23)/b13-9+. The van der Waals surface area contributed by atoms with Gasteiger partial charge in [0.2, 0.25) is 0 Å². The first-order chi connectivity index (χ1) is 11.9. The fourth-order valence-electron chi connectivity index (χ4n) is 2.63. The molecule has 0 amide bonds. The summed E-state index contributed by atoms with van der Waals surface area (Å²) in [6, 6.07) is 11.7. The number of nitrogens with zero attached hydrogens (tertiary/aromatic N) is 1. The van der Waals surface area contributed by atoms with E-state index in [1.165, 1.54) is 6.08 Å². The van der Waals surface area contributed by atoms with Crippen LogP contribution in [0.15, 0.2) is 42.5 Å². The molecule has 0 spiro atoms. The topological polar surface area (TPSA) is 59.0 Å². The summed E-state index contributed by atoms with van der Waals surface area (Å²) < 4.78 is 11.0. The van der Waals surface area contributed by atoms with E-state index in [0.717, 1.165) is 22.4 Å². The Labute approximate surface area is 148 Å². The van der Waals surface area contributed by atoms with Crippen molar-refractivity contribution in [1.29, 1.82) is 0 Å². The van der Waals surface area contributed by atoms with E-state index in [-0.39, 0.29) is 0 Å². The van der Waals surface area contributed by atoms with Crippen LogP contribution in [0.4, 0.5) is 5.69 Å². The summed E-state index contributed by atoms with van der Waals surface area (Å²) in [7, 11) is 7.12. The van der Waals surface area contributed by atoms with E-state index in [1.54, 1.807) is 27.2 Å². The second-order valence-corrected chi connectivity index (χ2v) is 5.87. The summed E-state index contributed by atoms with van der Waals surface area (Å²) in [5.41, 5.74) is 4.27. The summed E-state index contributed by atoms with van der Waals surface area (Å²) in [6.45, 7) is 1.76. The molecule has 0 aliphatic carbocycles. The van der Waals surface area contributed by atoms with Gasteiger partial charge in [-0.05, 0) is 47.9 Å². The number of hydrogen-bond donors (Lipinski definition) is 1. The van der Waals surface area contributed by atoms with Crippen LogP contribution < -0.4 is 14.4 Å². The van der Waals surface area contributed by atoms with Crippen molar-refractivity contribution in [2.24, 2.45) is 0 Å². The van der Waals surface area contributed by atoms with Crippen molar-refractivity contribution in [3.8, 4) is 22.6 Å². The Balaban J connectivity index is 2.70. The van der Waals surface area contributed by atoms with Crippen LogP contribution in [0.5, 0.6) is 11.5 Å². The first kappa shape index (κ1) is 18.4. The normalized spacial score (nSPS) is 11.2. The Morgan fingerprint density at radius 2 is 1.84 bits per heavy atom. The van der Waals surface area contributed by atoms with Crippen molar-refractivity contribution in [2.45, 2.75) is 6.92 Å². The minimum absolute atomic E-state index is 0.559. The summed E-state index contributed by atoms with van der Waals surface area (Å²) in [5.74, 6) is 0.192. The number of hydrogen-bond acceptors (Lipinski definition) is 4. The lowest BCUT2D eigenvalue weighted by Crippen LogP contribution is -2.08. The molecule has 0 atom stereocenters. The molecule has 132 valence electrons. The number of methoxy groups -OCH3 is 2. The predicted molar refractivity (Wildman–Crippen MR) is 101 cm³/mol. The van der Waals surface area contributed by atoms with Crippen LogP contribution in [0.1, 0.15) is 12.5 Å². The minimum atomic E-state index is -0.983. The van der Waals surface area contributed by atoms with Gasteiger partial charge in [-0.2, -0.15) is 0 Å². The number of benzene rings is 2. The van der Waals surface area contributed by atoms with Gasteiger partial charge in [0.05, 0.1) is 14.2 Å². The first-order valence-corrected chi connectivity index (χ1v) is 7.82. The Kier molecular flexibility index (Phi) is 5.70. The van der Waals surface area contributed by atoms with E-state index in [4.69, 9.17) is 14.6 Å². The third-order valence-corrected chi connectivity index (χ3v) is 3.95. The third-order valence-electron chi connectivity index (χ3n) is 3.95. The van der Waals surface area contributed by atoms with Crippen LogP contribution >= 0.6 is 0 Å². The zero-order valence-electron chi connectivity index (χ0n) is 15.2. The molecular weight excluding hydrogens is 318 g/mol. The number of carbonyl (C=O) groups is 1. The van der Waals surface area contributed by atoms with Crippen LogP contribution in [0.2, 0.25) is 0 Å². The van der Waals surface area contributed by atoms with Crippen LogP contribution in [0, 0.1) is 0 Å². The van der Waals surface area contributed by atoms with Crippen molar-refractivity contribution >= 4 is 17.2 Å². The molecule has 0 heterocycles. The van der Waals surface area contributed by atoms with Crippen molar-refractivity contribution in [3.63, 3.8) is 0 Å². The highest BCUT2D eigenvalue weighted by Crippen LogP contribution is 2.41. The van der Waals surface area contributed by atoms with E-state index in [9.17, 15) is 4.79 Å². The summed E-state index contributed by atoms with van der Waals surface area (Å²) >= 11 is 0. The highest BCUT2D eigenvalue weighted by atomic mass is 16.5. The lowest BCUT2D eigenvalue weighted by Gasteiger charge is -2.18. The van der Waals surface area contributed by atoms with Gasteiger partial charge in [0.25, 0.3) is 0 Å². The molecule has 0 aliphatic heterocycles. The molecule has 0 bridgehead atoms. The van der Waals surface area contributed by atoms with Gasteiger partial charge >= 0.3 is 5.97 Å². The molecule has 0 fully saturated rings. The second kappa shape index (κ2) is 7.75. The molecule has 0 aliphatic rings. The van der Waals surface area contributed by atoms with Crippen molar-refractivity contribution in [3.05, 3.63) is 48.0 Å². The molecule has 0 unspecified atom stereocenters. The first-order valence-electron chi connectivity index (χ1n) is 7.82. The Morgan fingerprint density at radius 1 is 1.12 bits per heavy atom. The molecule has 2 rings (SSSR count). The van der Waals surface area contributed by atoms with Gasteiger partial charge in [0.1, 0.15) is 0 Å². The maximum Gasteiger partial charge on any atom is 0.328 e. The second-order valence-electron chi connectivity index (χ2n) is 5.87. The molecule has 2 aromatic carbocycles. The largest absolute Gasteiger partial charge is 0.493 e. The van der Waals surface area contributed by atoms with Crippen molar-refractivity contribution in [2.75, 3.05) is 33.2 Å². The van der Waals surface area contributed by atoms with Crippen molar-refractivity contribution in [1.82, 2.24) is 0 Å². The number of aliphatic carboxylic acids is 1. The molecule has 5 heteroatoms. The highest BCUT2D eigenvalue weighted by Gasteiger charge is 2.16. The molecule has 25 heavy (non-hydrogen) atoms. The van der Waals surface area contributed by atoms with Crippen LogP contribution in [0.25, 0.3) is 16.7 Å². The van der Waals surface area contributed by atoms with Crippen molar-refractivity contribution < 1.29 is 19.4 Å². The van der Waals surface area contributed by atoms with E-state index >= 15 is 0 Å². The maximum absolute atomic E-state index is 11.0. The fraction of sp³-hybridized carbons (Fsp3) is 0.250. The molecular formula is C20H23NO4. The number of allylic oxidation sites excluding steroid dienone is 1. The number of carboxylic acid groups (broad SMARTS) is 1. The van der Waals surface area contributed by atoms with E-state index in [2.05, 4.69) is 6.07 Å². The van der Waals surface area contributed by atoms with Gasteiger partial charge in [0, 0.05) is 31.4 Å². The zero-order valence-corrected chi connectivity index (χ0v) is 15.2. The van der Waals surface area contributed by atoms with Gasteiger partial charge in [0.15, 0.2) is 11.5 Å². The van der Waals surface area contributed by atoms with E-state index in [1.807, 2.05) is 43.3 Å². The van der Waals surface area contributed by atoms with Gasteiger partial charge in [-0.15, -0.1) is 0 Å². The molecule has 0 radical (unpaired) electrons. The SMILES string of the molecule is COc1cc(/C(C)=C/C(=O)O)cc(-c2cccc(N(C)C)c2)c1OC. The Morgan fingerprint density at radius 3 is 2.40 bits per heavy atom. The average molecular weight is 341 g/mol. The lowest BCUT2D eigenvalue weighted by atomic mass is 9.97. The number of anilines is 1. The number of rotatable bonds is 6. The summed E-state index contributed by atoms with van der Waals surface area (Å²) in [6.07, 6.45) is 1.18. The number of carboxylic acids is 1. The molecule has 0 aromatic heterocycles. The van der Waals surface area contributed by atoms with Crippen LogP contribution in [-0.2, 0) is 4.79 Å². The van der Waals surface area contributed by atoms with Gasteiger partial charge in [-0.3, -0.25) is 0 Å². The van der Waals surface area contributed by atoms with Gasteiger partial charge < -0.3 is 19.5 Å². The van der Waals surface area contributed by atoms with E-state index in [0.29, 0.717) is 17.1 Å². The molecule has 0 saturated heterocycles. The molecule has 0 saturated carbocycles. The monoisotopic (exact) mass is 341 g/mol. The van der Waals surface area contributed by atoms with E-state index < -0.39 is 5.97 Å². The minimum Gasteiger partial charge on any atom is -0.493 e. The Hall–Kier alpha value is -2.95. The quantitative estimate of drug-likeness (QED) is 0.807. The average Bonchev–Trinajstić information content (AvgIpc) is 2.59. The van der Waals surface area contributed by atoms with Crippen LogP contribution in [0.3, 0.4) is 0 Å². The lowest BCUT2D eigenvalue weighted by molar-refractivity contribution is -0.131.